The Kier molecular flexibility index (Phi) is 4.17. The van der Waals surface area contributed by atoms with Gasteiger partial charge in [-0.25, -0.2) is 4.98 Å². The minimum Gasteiger partial charge on any atom is -0.368 e. The molecule has 2 atom stereocenters. The molecule has 0 spiro atoms. The molecule has 2 aromatic heterocycles. The van der Waals surface area contributed by atoms with Gasteiger partial charge >= 0.3 is 0 Å². The highest BCUT2D eigenvalue weighted by Gasteiger charge is 2.50. The first-order valence-corrected chi connectivity index (χ1v) is 9.29. The molecule has 26 heavy (non-hydrogen) atoms. The van der Waals surface area contributed by atoms with E-state index in [2.05, 4.69) is 20.4 Å². The summed E-state index contributed by atoms with van der Waals surface area (Å²) in [4.78, 5) is 23.8. The summed E-state index contributed by atoms with van der Waals surface area (Å²) in [7, 11) is 1.84. The zero-order valence-electron chi connectivity index (χ0n) is 15.7. The standard InChI is InChI=1S/C19H26N6O/c1-13-7-20-14(2)17(23-13)21-11-19-6-4-5-16(19)10-25(12-19)18(26)15-8-22-24(3)9-15/h7-9,16H,4-6,10-12H2,1-3H3,(H,21,23)/t16-,19-/m0/s1. The maximum Gasteiger partial charge on any atom is 0.257 e. The molecule has 0 bridgehead atoms. The molecule has 7 nitrogen and oxygen atoms in total. The number of hydrogen-bond acceptors (Lipinski definition) is 5. The Labute approximate surface area is 153 Å². The Morgan fingerprint density at radius 1 is 1.38 bits per heavy atom. The van der Waals surface area contributed by atoms with Crippen molar-refractivity contribution in [2.75, 3.05) is 25.0 Å². The van der Waals surface area contributed by atoms with Gasteiger partial charge in [0.15, 0.2) is 0 Å². The molecule has 3 heterocycles. The molecule has 138 valence electrons. The summed E-state index contributed by atoms with van der Waals surface area (Å²) in [6.07, 6.45) is 8.83. The number of amides is 1. The van der Waals surface area contributed by atoms with Crippen LogP contribution in [0.3, 0.4) is 0 Å². The van der Waals surface area contributed by atoms with Gasteiger partial charge in [-0.05, 0) is 32.6 Å². The number of fused-ring (bicyclic) bond motifs is 1. The monoisotopic (exact) mass is 354 g/mol. The summed E-state index contributed by atoms with van der Waals surface area (Å²) in [5.74, 6) is 1.51. The molecule has 0 radical (unpaired) electrons. The molecule has 0 aromatic carbocycles. The van der Waals surface area contributed by atoms with Crippen LogP contribution in [-0.2, 0) is 7.05 Å². The average Bonchev–Trinajstić information content (AvgIpc) is 3.29. The summed E-state index contributed by atoms with van der Waals surface area (Å²) in [5, 5.41) is 7.67. The van der Waals surface area contributed by atoms with Gasteiger partial charge in [0, 0.05) is 44.5 Å². The van der Waals surface area contributed by atoms with Gasteiger partial charge in [-0.2, -0.15) is 5.10 Å². The van der Waals surface area contributed by atoms with Gasteiger partial charge in [-0.15, -0.1) is 0 Å². The molecule has 1 aliphatic carbocycles. The maximum absolute atomic E-state index is 12.8. The number of likely N-dealkylation sites (tertiary alicyclic amines) is 1. The van der Waals surface area contributed by atoms with Gasteiger partial charge in [-0.3, -0.25) is 14.5 Å². The number of carbonyl (C=O) groups excluding carboxylic acids is 1. The van der Waals surface area contributed by atoms with E-state index in [1.165, 1.54) is 12.8 Å². The molecule has 7 heteroatoms. The molecule has 1 saturated carbocycles. The van der Waals surface area contributed by atoms with Crippen molar-refractivity contribution in [1.29, 1.82) is 0 Å². The molecule has 1 amide bonds. The fourth-order valence-corrected chi connectivity index (χ4v) is 4.54. The fraction of sp³-hybridized carbons (Fsp3) is 0.579. The number of hydrogen-bond donors (Lipinski definition) is 1. The third-order valence-corrected chi connectivity index (χ3v) is 5.96. The predicted molar refractivity (Wildman–Crippen MR) is 98.9 cm³/mol. The summed E-state index contributed by atoms with van der Waals surface area (Å²) in [5.41, 5.74) is 2.65. The highest BCUT2D eigenvalue weighted by molar-refractivity contribution is 5.94. The van der Waals surface area contributed by atoms with E-state index in [4.69, 9.17) is 0 Å². The lowest BCUT2D eigenvalue weighted by Crippen LogP contribution is -2.36. The van der Waals surface area contributed by atoms with Crippen LogP contribution in [0.5, 0.6) is 0 Å². The van der Waals surface area contributed by atoms with Crippen molar-refractivity contribution in [3.05, 3.63) is 35.5 Å². The Morgan fingerprint density at radius 2 is 2.23 bits per heavy atom. The van der Waals surface area contributed by atoms with Crippen molar-refractivity contribution >= 4 is 11.7 Å². The topological polar surface area (TPSA) is 75.9 Å². The molecule has 2 aliphatic rings. The van der Waals surface area contributed by atoms with Gasteiger partial charge in [0.2, 0.25) is 0 Å². The second kappa shape index (κ2) is 6.37. The van der Waals surface area contributed by atoms with Crippen LogP contribution >= 0.6 is 0 Å². The summed E-state index contributed by atoms with van der Waals surface area (Å²) in [6.45, 7) is 6.42. The van der Waals surface area contributed by atoms with Crippen LogP contribution in [0.2, 0.25) is 0 Å². The number of carbonyl (C=O) groups is 1. The van der Waals surface area contributed by atoms with E-state index < -0.39 is 0 Å². The highest BCUT2D eigenvalue weighted by atomic mass is 16.2. The first kappa shape index (κ1) is 17.0. The van der Waals surface area contributed by atoms with Crippen molar-refractivity contribution in [1.82, 2.24) is 24.6 Å². The third kappa shape index (κ3) is 2.95. The zero-order chi connectivity index (χ0) is 18.3. The summed E-state index contributed by atoms with van der Waals surface area (Å²) in [6, 6.07) is 0. The third-order valence-electron chi connectivity index (χ3n) is 5.96. The molecule has 2 aromatic rings. The number of nitrogens with zero attached hydrogens (tertiary/aromatic N) is 5. The first-order valence-electron chi connectivity index (χ1n) is 9.29. The van der Waals surface area contributed by atoms with Crippen LogP contribution in [0.25, 0.3) is 0 Å². The quantitative estimate of drug-likeness (QED) is 0.911. The molecular formula is C19H26N6O. The van der Waals surface area contributed by atoms with Crippen LogP contribution in [0.15, 0.2) is 18.6 Å². The van der Waals surface area contributed by atoms with E-state index in [1.54, 1.807) is 23.3 Å². The Bertz CT molecular complexity index is 831. The number of rotatable bonds is 4. The fourth-order valence-electron chi connectivity index (χ4n) is 4.54. The molecule has 1 saturated heterocycles. The molecule has 2 fully saturated rings. The smallest absolute Gasteiger partial charge is 0.257 e. The minimum absolute atomic E-state index is 0.0957. The summed E-state index contributed by atoms with van der Waals surface area (Å²) < 4.78 is 1.68. The van der Waals surface area contributed by atoms with Crippen LogP contribution in [-0.4, -0.2) is 50.2 Å². The molecule has 1 aliphatic heterocycles. The first-order chi connectivity index (χ1) is 12.5. The second-order valence-corrected chi connectivity index (χ2v) is 7.84. The van der Waals surface area contributed by atoms with Gasteiger partial charge in [-0.1, -0.05) is 6.42 Å². The van der Waals surface area contributed by atoms with Gasteiger partial charge in [0.25, 0.3) is 5.91 Å². The van der Waals surface area contributed by atoms with Gasteiger partial charge < -0.3 is 10.2 Å². The molecule has 1 N–H and O–H groups in total. The Hall–Kier alpha value is -2.44. The summed E-state index contributed by atoms with van der Waals surface area (Å²) >= 11 is 0. The van der Waals surface area contributed by atoms with Gasteiger partial charge in [0.05, 0.1) is 23.1 Å². The van der Waals surface area contributed by atoms with Crippen molar-refractivity contribution in [3.63, 3.8) is 0 Å². The normalized spacial score (nSPS) is 24.7. The van der Waals surface area contributed by atoms with Crippen molar-refractivity contribution < 1.29 is 4.79 Å². The van der Waals surface area contributed by atoms with E-state index in [0.29, 0.717) is 11.5 Å². The van der Waals surface area contributed by atoms with Crippen molar-refractivity contribution in [2.45, 2.75) is 33.1 Å². The van der Waals surface area contributed by atoms with E-state index in [9.17, 15) is 4.79 Å². The second-order valence-electron chi connectivity index (χ2n) is 7.84. The van der Waals surface area contributed by atoms with Crippen LogP contribution in [0.1, 0.15) is 41.0 Å². The number of anilines is 1. The lowest BCUT2D eigenvalue weighted by Gasteiger charge is -2.29. The van der Waals surface area contributed by atoms with E-state index in [1.807, 2.05) is 25.8 Å². The van der Waals surface area contributed by atoms with Crippen LogP contribution < -0.4 is 5.32 Å². The number of aromatic nitrogens is 4. The van der Waals surface area contributed by atoms with Gasteiger partial charge in [0.1, 0.15) is 5.82 Å². The molecular weight excluding hydrogens is 328 g/mol. The lowest BCUT2D eigenvalue weighted by atomic mass is 9.80. The van der Waals surface area contributed by atoms with E-state index in [-0.39, 0.29) is 11.3 Å². The van der Waals surface area contributed by atoms with Crippen LogP contribution in [0, 0.1) is 25.2 Å². The number of nitrogens with one attached hydrogen (secondary N) is 1. The Morgan fingerprint density at radius 3 is 3.00 bits per heavy atom. The zero-order valence-corrected chi connectivity index (χ0v) is 15.7. The number of aryl methyl sites for hydroxylation is 3. The SMILES string of the molecule is Cc1cnc(C)c(NC[C@]23CCC[C@H]2CN(C(=O)c2cnn(C)c2)C3)n1. The van der Waals surface area contributed by atoms with Crippen LogP contribution in [0.4, 0.5) is 5.82 Å². The maximum atomic E-state index is 12.8. The highest BCUT2D eigenvalue weighted by Crippen LogP contribution is 2.49. The van der Waals surface area contributed by atoms with E-state index >= 15 is 0 Å². The average molecular weight is 354 g/mol. The van der Waals surface area contributed by atoms with Crippen molar-refractivity contribution in [2.24, 2.45) is 18.4 Å². The Balaban J connectivity index is 1.49. The van der Waals surface area contributed by atoms with Crippen molar-refractivity contribution in [3.8, 4) is 0 Å². The van der Waals surface area contributed by atoms with E-state index in [0.717, 1.165) is 43.3 Å². The molecule has 0 unspecified atom stereocenters. The lowest BCUT2D eigenvalue weighted by molar-refractivity contribution is 0.0770. The largest absolute Gasteiger partial charge is 0.368 e. The minimum atomic E-state index is 0.0957. The molecule has 4 rings (SSSR count). The predicted octanol–water partition coefficient (Wildman–Crippen LogP) is 2.18.